The zero-order valence-corrected chi connectivity index (χ0v) is 14.8. The Labute approximate surface area is 146 Å². The number of rotatable bonds is 3. The molecule has 0 saturated heterocycles. The van der Waals surface area contributed by atoms with Gasteiger partial charge in [0, 0.05) is 23.2 Å². The van der Waals surface area contributed by atoms with Gasteiger partial charge in [0.05, 0.1) is 16.8 Å². The van der Waals surface area contributed by atoms with Crippen molar-refractivity contribution in [1.82, 2.24) is 10.1 Å². The number of esters is 1. The molecule has 25 heavy (non-hydrogen) atoms. The van der Waals surface area contributed by atoms with Crippen LogP contribution in [0.4, 0.5) is 0 Å². The SMILES string of the molecule is C=C(c1ccc2nccc(C(=O)OC(C)(C)C)c2c1)c1cc(C)no1. The Kier molecular flexibility index (Phi) is 4.17. The van der Waals surface area contributed by atoms with Crippen LogP contribution in [-0.4, -0.2) is 21.7 Å². The van der Waals surface area contributed by atoms with E-state index >= 15 is 0 Å². The molecule has 0 bridgehead atoms. The predicted octanol–water partition coefficient (Wildman–Crippen LogP) is 4.55. The lowest BCUT2D eigenvalue weighted by atomic mass is 10.00. The minimum absolute atomic E-state index is 0.377. The van der Waals surface area contributed by atoms with E-state index in [1.165, 1.54) is 0 Å². The third kappa shape index (κ3) is 3.60. The number of ether oxygens (including phenoxy) is 1. The van der Waals surface area contributed by atoms with Crippen LogP contribution >= 0.6 is 0 Å². The molecular weight excluding hydrogens is 316 g/mol. The molecule has 0 aliphatic heterocycles. The van der Waals surface area contributed by atoms with Crippen molar-refractivity contribution in [2.75, 3.05) is 0 Å². The molecule has 0 aliphatic carbocycles. The molecule has 3 aromatic rings. The summed E-state index contributed by atoms with van der Waals surface area (Å²) in [4.78, 5) is 16.9. The Morgan fingerprint density at radius 1 is 1.20 bits per heavy atom. The Morgan fingerprint density at radius 3 is 2.60 bits per heavy atom. The van der Waals surface area contributed by atoms with Gasteiger partial charge in [0.1, 0.15) is 5.60 Å². The molecule has 2 aromatic heterocycles. The summed E-state index contributed by atoms with van der Waals surface area (Å²) in [7, 11) is 0. The first-order valence-corrected chi connectivity index (χ1v) is 8.00. The first-order chi connectivity index (χ1) is 11.7. The quantitative estimate of drug-likeness (QED) is 0.657. The van der Waals surface area contributed by atoms with E-state index in [1.54, 1.807) is 12.3 Å². The summed E-state index contributed by atoms with van der Waals surface area (Å²) >= 11 is 0. The van der Waals surface area contributed by atoms with Gasteiger partial charge < -0.3 is 9.26 Å². The molecule has 0 unspecified atom stereocenters. The summed E-state index contributed by atoms with van der Waals surface area (Å²) in [6, 6.07) is 9.12. The summed E-state index contributed by atoms with van der Waals surface area (Å²) in [5.74, 6) is 0.220. The number of nitrogens with zero attached hydrogens (tertiary/aromatic N) is 2. The van der Waals surface area contributed by atoms with Crippen LogP contribution in [0, 0.1) is 6.92 Å². The molecule has 0 aliphatic rings. The van der Waals surface area contributed by atoms with E-state index in [2.05, 4.69) is 16.7 Å². The van der Waals surface area contributed by atoms with Gasteiger partial charge in [0.2, 0.25) is 0 Å². The molecule has 128 valence electrons. The van der Waals surface area contributed by atoms with E-state index in [4.69, 9.17) is 9.26 Å². The molecule has 3 rings (SSSR count). The highest BCUT2D eigenvalue weighted by Gasteiger charge is 2.20. The van der Waals surface area contributed by atoms with Gasteiger partial charge in [0.15, 0.2) is 5.76 Å². The second kappa shape index (κ2) is 6.16. The van der Waals surface area contributed by atoms with Crippen LogP contribution < -0.4 is 0 Å². The average Bonchev–Trinajstić information content (AvgIpc) is 2.98. The lowest BCUT2D eigenvalue weighted by molar-refractivity contribution is 0.00718. The standard InChI is InChI=1S/C20H20N2O3/c1-12-10-18(25-22-12)13(2)14-6-7-17-16(11-14)15(8-9-21-17)19(23)24-20(3,4)5/h6-11H,2H2,1,3-5H3. The first kappa shape index (κ1) is 16.9. The Bertz CT molecular complexity index is 964. The van der Waals surface area contributed by atoms with Crippen molar-refractivity contribution in [2.45, 2.75) is 33.3 Å². The van der Waals surface area contributed by atoms with Gasteiger partial charge in [0.25, 0.3) is 0 Å². The zero-order chi connectivity index (χ0) is 18.2. The van der Waals surface area contributed by atoms with Crippen LogP contribution in [-0.2, 0) is 4.74 Å². The van der Waals surface area contributed by atoms with Crippen LogP contribution in [0.15, 0.2) is 47.6 Å². The van der Waals surface area contributed by atoms with Gasteiger partial charge in [-0.25, -0.2) is 4.79 Å². The molecule has 0 radical (unpaired) electrons. The minimum Gasteiger partial charge on any atom is -0.456 e. The van der Waals surface area contributed by atoms with Gasteiger partial charge in [-0.1, -0.05) is 17.8 Å². The number of carbonyl (C=O) groups is 1. The number of benzene rings is 1. The average molecular weight is 336 g/mol. The maximum absolute atomic E-state index is 12.5. The van der Waals surface area contributed by atoms with Crippen LogP contribution in [0.1, 0.15) is 48.1 Å². The molecular formula is C20H20N2O3. The molecule has 5 nitrogen and oxygen atoms in total. The highest BCUT2D eigenvalue weighted by atomic mass is 16.6. The number of aryl methyl sites for hydroxylation is 1. The Morgan fingerprint density at radius 2 is 1.96 bits per heavy atom. The lowest BCUT2D eigenvalue weighted by Crippen LogP contribution is -2.24. The number of hydrogen-bond acceptors (Lipinski definition) is 5. The van der Waals surface area contributed by atoms with E-state index in [9.17, 15) is 4.79 Å². The van der Waals surface area contributed by atoms with E-state index < -0.39 is 5.60 Å². The minimum atomic E-state index is -0.564. The lowest BCUT2D eigenvalue weighted by Gasteiger charge is -2.20. The molecule has 0 saturated carbocycles. The summed E-state index contributed by atoms with van der Waals surface area (Å²) < 4.78 is 10.8. The van der Waals surface area contributed by atoms with Gasteiger partial charge in [-0.05, 0) is 51.5 Å². The number of hydrogen-bond donors (Lipinski definition) is 0. The second-order valence-electron chi connectivity index (χ2n) is 6.90. The van der Waals surface area contributed by atoms with E-state index in [-0.39, 0.29) is 5.97 Å². The topological polar surface area (TPSA) is 65.2 Å². The summed E-state index contributed by atoms with van der Waals surface area (Å²) in [6.07, 6.45) is 1.61. The molecule has 0 fully saturated rings. The van der Waals surface area contributed by atoms with Gasteiger partial charge in [-0.15, -0.1) is 0 Å². The van der Waals surface area contributed by atoms with Crippen LogP contribution in [0.5, 0.6) is 0 Å². The van der Waals surface area contributed by atoms with Crippen LogP contribution in [0.3, 0.4) is 0 Å². The fourth-order valence-electron chi connectivity index (χ4n) is 2.49. The largest absolute Gasteiger partial charge is 0.456 e. The van der Waals surface area contributed by atoms with Crippen molar-refractivity contribution in [1.29, 1.82) is 0 Å². The smallest absolute Gasteiger partial charge is 0.339 e. The highest BCUT2D eigenvalue weighted by molar-refractivity contribution is 6.04. The first-order valence-electron chi connectivity index (χ1n) is 8.00. The van der Waals surface area contributed by atoms with Crippen molar-refractivity contribution in [2.24, 2.45) is 0 Å². The number of fused-ring (bicyclic) bond motifs is 1. The summed E-state index contributed by atoms with van der Waals surface area (Å²) in [5.41, 5.74) is 2.94. The van der Waals surface area contributed by atoms with E-state index in [0.29, 0.717) is 27.8 Å². The van der Waals surface area contributed by atoms with Crippen LogP contribution in [0.2, 0.25) is 0 Å². The summed E-state index contributed by atoms with van der Waals surface area (Å²) in [6.45, 7) is 11.5. The fraction of sp³-hybridized carbons (Fsp3) is 0.250. The van der Waals surface area contributed by atoms with Crippen molar-refractivity contribution < 1.29 is 14.1 Å². The van der Waals surface area contributed by atoms with Gasteiger partial charge in [-0.3, -0.25) is 4.98 Å². The van der Waals surface area contributed by atoms with Gasteiger partial charge in [-0.2, -0.15) is 0 Å². The van der Waals surface area contributed by atoms with Crippen molar-refractivity contribution in [3.8, 4) is 0 Å². The third-order valence-corrected chi connectivity index (χ3v) is 3.63. The van der Waals surface area contributed by atoms with Crippen molar-refractivity contribution >= 4 is 22.4 Å². The maximum atomic E-state index is 12.5. The van der Waals surface area contributed by atoms with E-state index in [0.717, 1.165) is 11.3 Å². The van der Waals surface area contributed by atoms with Crippen molar-refractivity contribution in [3.63, 3.8) is 0 Å². The van der Waals surface area contributed by atoms with Gasteiger partial charge >= 0.3 is 5.97 Å². The molecule has 5 heteroatoms. The Balaban J connectivity index is 2.05. The summed E-state index contributed by atoms with van der Waals surface area (Å²) in [5, 5.41) is 4.60. The fourth-order valence-corrected chi connectivity index (χ4v) is 2.49. The monoisotopic (exact) mass is 336 g/mol. The zero-order valence-electron chi connectivity index (χ0n) is 14.8. The molecule has 0 amide bonds. The second-order valence-corrected chi connectivity index (χ2v) is 6.90. The molecule has 1 aromatic carbocycles. The predicted molar refractivity (Wildman–Crippen MR) is 96.3 cm³/mol. The molecule has 0 N–H and O–H groups in total. The van der Waals surface area contributed by atoms with E-state index in [1.807, 2.05) is 52.0 Å². The molecule has 0 spiro atoms. The Hall–Kier alpha value is -2.95. The number of pyridine rings is 1. The highest BCUT2D eigenvalue weighted by Crippen LogP contribution is 2.27. The number of aromatic nitrogens is 2. The normalized spacial score (nSPS) is 11.5. The molecule has 2 heterocycles. The maximum Gasteiger partial charge on any atom is 0.339 e. The van der Waals surface area contributed by atoms with Crippen LogP contribution in [0.25, 0.3) is 16.5 Å². The third-order valence-electron chi connectivity index (χ3n) is 3.63. The van der Waals surface area contributed by atoms with Crippen molar-refractivity contribution in [3.05, 3.63) is 65.7 Å². The molecule has 0 atom stereocenters. The number of carbonyl (C=O) groups excluding carboxylic acids is 1.